The van der Waals surface area contributed by atoms with Gasteiger partial charge in [-0.3, -0.25) is 0 Å². The molecule has 0 saturated heterocycles. The SMILES string of the molecule is CCC#CCCCCCC.O=C(O)O. The lowest BCUT2D eigenvalue weighted by atomic mass is 10.1. The Kier molecular flexibility index (Phi) is 15.7. The molecule has 0 unspecified atom stereocenters. The molecule has 0 saturated carbocycles. The number of unbranched alkanes of at least 4 members (excludes halogenated alkanes) is 4. The van der Waals surface area contributed by atoms with Crippen molar-refractivity contribution >= 4 is 6.16 Å². The minimum atomic E-state index is -1.83. The van der Waals surface area contributed by atoms with E-state index in [9.17, 15) is 0 Å². The number of carboxylic acid groups (broad SMARTS) is 2. The highest BCUT2D eigenvalue weighted by atomic mass is 16.6. The van der Waals surface area contributed by atoms with Gasteiger partial charge in [-0.2, -0.15) is 0 Å². The molecular weight excluding hydrogens is 180 g/mol. The van der Waals surface area contributed by atoms with E-state index >= 15 is 0 Å². The summed E-state index contributed by atoms with van der Waals surface area (Å²) in [7, 11) is 0. The van der Waals surface area contributed by atoms with Crippen molar-refractivity contribution in [3.8, 4) is 11.8 Å². The number of carbonyl (C=O) groups is 1. The van der Waals surface area contributed by atoms with Crippen molar-refractivity contribution in [1.82, 2.24) is 0 Å². The molecule has 0 spiro atoms. The van der Waals surface area contributed by atoms with Crippen LogP contribution in [0.1, 0.15) is 52.4 Å². The van der Waals surface area contributed by atoms with Gasteiger partial charge in [-0.05, 0) is 6.42 Å². The van der Waals surface area contributed by atoms with Crippen LogP contribution in [0.2, 0.25) is 0 Å². The predicted molar refractivity (Wildman–Crippen MR) is 57.5 cm³/mol. The molecule has 14 heavy (non-hydrogen) atoms. The summed E-state index contributed by atoms with van der Waals surface area (Å²) in [5, 5.41) is 13.9. The second-order valence-corrected chi connectivity index (χ2v) is 2.80. The molecule has 2 N–H and O–H groups in total. The van der Waals surface area contributed by atoms with Crippen LogP contribution in [-0.4, -0.2) is 16.4 Å². The van der Waals surface area contributed by atoms with Crippen LogP contribution >= 0.6 is 0 Å². The van der Waals surface area contributed by atoms with Crippen molar-refractivity contribution in [2.75, 3.05) is 0 Å². The summed E-state index contributed by atoms with van der Waals surface area (Å²) in [4.78, 5) is 8.56. The average Bonchev–Trinajstić information content (AvgIpc) is 2.10. The van der Waals surface area contributed by atoms with E-state index < -0.39 is 6.16 Å². The highest BCUT2D eigenvalue weighted by Crippen LogP contribution is 2.00. The Bertz CT molecular complexity index is 173. The molecule has 82 valence electrons. The standard InChI is InChI=1S/C10H18.CH2O3/c1-3-5-7-9-10-8-6-4-2;2-1(3)4/h3-5,7,9-10H2,1-2H3;(H2,2,3,4). The molecule has 0 rings (SSSR count). The third-order valence-electron chi connectivity index (χ3n) is 1.46. The minimum Gasteiger partial charge on any atom is -0.450 e. The van der Waals surface area contributed by atoms with E-state index in [4.69, 9.17) is 15.0 Å². The first kappa shape index (κ1) is 15.3. The maximum absolute atomic E-state index is 8.56. The second-order valence-electron chi connectivity index (χ2n) is 2.80. The Morgan fingerprint density at radius 1 is 1.07 bits per heavy atom. The normalized spacial score (nSPS) is 7.86. The Balaban J connectivity index is 0. The zero-order valence-electron chi connectivity index (χ0n) is 9.05. The molecule has 0 bridgehead atoms. The van der Waals surface area contributed by atoms with Crippen LogP contribution < -0.4 is 0 Å². The molecule has 3 heteroatoms. The highest BCUT2D eigenvalue weighted by Gasteiger charge is 1.82. The second kappa shape index (κ2) is 14.4. The van der Waals surface area contributed by atoms with Crippen LogP contribution in [0.15, 0.2) is 0 Å². The van der Waals surface area contributed by atoms with Crippen LogP contribution in [0.4, 0.5) is 4.79 Å². The van der Waals surface area contributed by atoms with Gasteiger partial charge in [0, 0.05) is 12.8 Å². The van der Waals surface area contributed by atoms with Gasteiger partial charge >= 0.3 is 6.16 Å². The molecule has 0 heterocycles. The average molecular weight is 200 g/mol. The Hall–Kier alpha value is -1.17. The maximum Gasteiger partial charge on any atom is 0.503 e. The van der Waals surface area contributed by atoms with E-state index in [1.54, 1.807) is 0 Å². The fourth-order valence-electron chi connectivity index (χ4n) is 0.854. The maximum atomic E-state index is 8.56. The number of hydrogen-bond donors (Lipinski definition) is 2. The van der Waals surface area contributed by atoms with Gasteiger partial charge in [0.25, 0.3) is 0 Å². The minimum absolute atomic E-state index is 1.01. The molecule has 0 aromatic heterocycles. The molecule has 0 amide bonds. The van der Waals surface area contributed by atoms with Crippen LogP contribution in [0.25, 0.3) is 0 Å². The van der Waals surface area contributed by atoms with Gasteiger partial charge in [-0.1, -0.05) is 33.1 Å². The lowest BCUT2D eigenvalue weighted by Gasteiger charge is -1.91. The molecule has 0 aliphatic carbocycles. The lowest BCUT2D eigenvalue weighted by molar-refractivity contribution is 0.137. The molecule has 3 nitrogen and oxygen atoms in total. The third kappa shape index (κ3) is 30.8. The van der Waals surface area contributed by atoms with Crippen molar-refractivity contribution in [3.63, 3.8) is 0 Å². The first-order chi connectivity index (χ1) is 6.65. The zero-order valence-corrected chi connectivity index (χ0v) is 9.05. The fraction of sp³-hybridized carbons (Fsp3) is 0.727. The molecule has 0 atom stereocenters. The summed E-state index contributed by atoms with van der Waals surface area (Å²) in [6, 6.07) is 0. The summed E-state index contributed by atoms with van der Waals surface area (Å²) in [6.07, 6.45) is 5.62. The van der Waals surface area contributed by atoms with Crippen LogP contribution in [-0.2, 0) is 0 Å². The van der Waals surface area contributed by atoms with E-state index in [2.05, 4.69) is 25.7 Å². The molecule has 0 radical (unpaired) electrons. The van der Waals surface area contributed by atoms with Crippen molar-refractivity contribution in [2.24, 2.45) is 0 Å². The van der Waals surface area contributed by atoms with Gasteiger partial charge in [-0.15, -0.1) is 11.8 Å². The number of hydrogen-bond acceptors (Lipinski definition) is 1. The Labute approximate surface area is 86.1 Å². The quantitative estimate of drug-likeness (QED) is 0.538. The van der Waals surface area contributed by atoms with Crippen molar-refractivity contribution in [2.45, 2.75) is 52.4 Å². The fourth-order valence-corrected chi connectivity index (χ4v) is 0.854. The Morgan fingerprint density at radius 2 is 1.64 bits per heavy atom. The largest absolute Gasteiger partial charge is 0.503 e. The van der Waals surface area contributed by atoms with Gasteiger partial charge in [0.15, 0.2) is 0 Å². The molecule has 0 aliphatic rings. The molecule has 0 aromatic rings. The van der Waals surface area contributed by atoms with E-state index in [1.807, 2.05) is 0 Å². The van der Waals surface area contributed by atoms with Gasteiger partial charge in [-0.25, -0.2) is 4.79 Å². The topological polar surface area (TPSA) is 57.5 Å². The Morgan fingerprint density at radius 3 is 2.07 bits per heavy atom. The van der Waals surface area contributed by atoms with Crippen LogP contribution in [0.3, 0.4) is 0 Å². The van der Waals surface area contributed by atoms with E-state index in [1.165, 1.54) is 25.7 Å². The first-order valence-electron chi connectivity index (χ1n) is 5.02. The molecule has 0 aromatic carbocycles. The van der Waals surface area contributed by atoms with Crippen LogP contribution in [0.5, 0.6) is 0 Å². The summed E-state index contributed by atoms with van der Waals surface area (Å²) >= 11 is 0. The summed E-state index contributed by atoms with van der Waals surface area (Å²) < 4.78 is 0. The summed E-state index contributed by atoms with van der Waals surface area (Å²) in [6.45, 7) is 4.33. The zero-order chi connectivity index (χ0) is 11.2. The van der Waals surface area contributed by atoms with E-state index in [0.29, 0.717) is 0 Å². The summed E-state index contributed by atoms with van der Waals surface area (Å²) in [5.74, 6) is 6.22. The third-order valence-corrected chi connectivity index (χ3v) is 1.46. The van der Waals surface area contributed by atoms with Gasteiger partial charge in [0.1, 0.15) is 0 Å². The van der Waals surface area contributed by atoms with Crippen LogP contribution in [0, 0.1) is 11.8 Å². The molecular formula is C11H20O3. The molecule has 0 fully saturated rings. The van der Waals surface area contributed by atoms with Gasteiger partial charge < -0.3 is 10.2 Å². The molecule has 0 aliphatic heterocycles. The highest BCUT2D eigenvalue weighted by molar-refractivity contribution is 5.53. The summed E-state index contributed by atoms with van der Waals surface area (Å²) in [5.41, 5.74) is 0. The van der Waals surface area contributed by atoms with Gasteiger partial charge in [0.05, 0.1) is 0 Å². The van der Waals surface area contributed by atoms with E-state index in [0.717, 1.165) is 12.8 Å². The first-order valence-corrected chi connectivity index (χ1v) is 5.02. The lowest BCUT2D eigenvalue weighted by Crippen LogP contribution is -1.81. The van der Waals surface area contributed by atoms with Gasteiger partial charge in [0.2, 0.25) is 0 Å². The monoisotopic (exact) mass is 200 g/mol. The smallest absolute Gasteiger partial charge is 0.450 e. The van der Waals surface area contributed by atoms with Crippen molar-refractivity contribution in [1.29, 1.82) is 0 Å². The predicted octanol–water partition coefficient (Wildman–Crippen LogP) is 3.59. The van der Waals surface area contributed by atoms with Crippen molar-refractivity contribution < 1.29 is 15.0 Å². The number of rotatable bonds is 4. The van der Waals surface area contributed by atoms with Crippen molar-refractivity contribution in [3.05, 3.63) is 0 Å². The van der Waals surface area contributed by atoms with E-state index in [-0.39, 0.29) is 0 Å².